The van der Waals surface area contributed by atoms with Gasteiger partial charge in [0.05, 0.1) is 0 Å². The summed E-state index contributed by atoms with van der Waals surface area (Å²) in [6.45, 7) is 7.21. The second-order valence-corrected chi connectivity index (χ2v) is 6.47. The average Bonchev–Trinajstić information content (AvgIpc) is 2.41. The topological polar surface area (TPSA) is 50.7 Å². The summed E-state index contributed by atoms with van der Waals surface area (Å²) in [4.78, 5) is 13.1. The average molecular weight is 353 g/mol. The molecule has 1 N–H and O–H groups in total. The van der Waals surface area contributed by atoms with E-state index < -0.39 is 0 Å². The van der Waals surface area contributed by atoms with Gasteiger partial charge in [-0.1, -0.05) is 13.8 Å². The lowest BCUT2D eigenvalue weighted by Gasteiger charge is -2.15. The van der Waals surface area contributed by atoms with Crippen molar-refractivity contribution in [3.05, 3.63) is 34.7 Å². The summed E-state index contributed by atoms with van der Waals surface area (Å²) in [5.74, 6) is 1.26. The van der Waals surface area contributed by atoms with Crippen LogP contribution in [-0.2, 0) is 0 Å². The van der Waals surface area contributed by atoms with E-state index in [-0.39, 0.29) is 0 Å². The Labute approximate surface area is 132 Å². The first kappa shape index (κ1) is 15.3. The number of aromatic nitrogens is 3. The fourth-order valence-electron chi connectivity index (χ4n) is 1.81. The molecule has 0 amide bonds. The second-order valence-electron chi connectivity index (χ2n) is 4.54. The molecule has 2 aromatic heterocycles. The van der Waals surface area contributed by atoms with Gasteiger partial charge in [-0.25, -0.2) is 15.0 Å². The van der Waals surface area contributed by atoms with Gasteiger partial charge in [0.25, 0.3) is 0 Å². The molecule has 4 nitrogen and oxygen atoms in total. The molecule has 0 aromatic carbocycles. The van der Waals surface area contributed by atoms with E-state index in [2.05, 4.69) is 57.0 Å². The van der Waals surface area contributed by atoms with Gasteiger partial charge in [-0.2, -0.15) is 0 Å². The summed E-state index contributed by atoms with van der Waals surface area (Å²) in [6, 6.07) is 3.96. The molecule has 2 heterocycles. The highest BCUT2D eigenvalue weighted by molar-refractivity contribution is 9.10. The van der Waals surface area contributed by atoms with Crippen molar-refractivity contribution in [1.82, 2.24) is 15.0 Å². The quantitative estimate of drug-likeness (QED) is 0.811. The van der Waals surface area contributed by atoms with E-state index in [4.69, 9.17) is 0 Å². The number of nitrogens with one attached hydrogen (secondary N) is 1. The normalized spacial score (nSPS) is 10.8. The Morgan fingerprint density at radius 2 is 2.05 bits per heavy atom. The van der Waals surface area contributed by atoms with Crippen molar-refractivity contribution in [1.29, 1.82) is 0 Å². The largest absolute Gasteiger partial charge is 0.370 e. The molecule has 2 aromatic rings. The Balaban J connectivity index is 2.35. The third-order valence-corrected chi connectivity index (χ3v) is 4.11. The maximum absolute atomic E-state index is 4.42. The van der Waals surface area contributed by atoms with Gasteiger partial charge in [0, 0.05) is 22.8 Å². The van der Waals surface area contributed by atoms with E-state index in [1.807, 2.05) is 12.1 Å². The van der Waals surface area contributed by atoms with Crippen LogP contribution < -0.4 is 5.32 Å². The lowest BCUT2D eigenvalue weighted by molar-refractivity contribution is 0.803. The molecule has 0 atom stereocenters. The summed E-state index contributed by atoms with van der Waals surface area (Å²) in [7, 11) is 0. The summed E-state index contributed by atoms with van der Waals surface area (Å²) >= 11 is 4.96. The molecule has 0 saturated heterocycles. The van der Waals surface area contributed by atoms with Crippen molar-refractivity contribution in [2.45, 2.75) is 36.7 Å². The first-order valence-electron chi connectivity index (χ1n) is 6.50. The molecule has 0 saturated carbocycles. The predicted molar refractivity (Wildman–Crippen MR) is 86.3 cm³/mol. The molecule has 20 heavy (non-hydrogen) atoms. The Morgan fingerprint density at radius 3 is 2.65 bits per heavy atom. The van der Waals surface area contributed by atoms with E-state index in [1.54, 1.807) is 24.3 Å². The maximum atomic E-state index is 4.42. The van der Waals surface area contributed by atoms with Gasteiger partial charge >= 0.3 is 0 Å². The number of pyridine rings is 1. The number of hydrogen-bond acceptors (Lipinski definition) is 5. The maximum Gasteiger partial charge on any atom is 0.133 e. The highest BCUT2D eigenvalue weighted by atomic mass is 79.9. The third kappa shape index (κ3) is 3.70. The fourth-order valence-corrected chi connectivity index (χ4v) is 3.03. The Morgan fingerprint density at radius 1 is 1.25 bits per heavy atom. The minimum absolute atomic E-state index is 0.350. The van der Waals surface area contributed by atoms with Crippen LogP contribution in [0.4, 0.5) is 5.82 Å². The van der Waals surface area contributed by atoms with Crippen LogP contribution in [0.3, 0.4) is 0 Å². The van der Waals surface area contributed by atoms with Crippen LogP contribution in [0.1, 0.15) is 32.3 Å². The van der Waals surface area contributed by atoms with Crippen LogP contribution in [0, 0.1) is 0 Å². The van der Waals surface area contributed by atoms with Gasteiger partial charge in [-0.05, 0) is 52.7 Å². The minimum Gasteiger partial charge on any atom is -0.370 e. The van der Waals surface area contributed by atoms with Crippen molar-refractivity contribution < 1.29 is 0 Å². The fraction of sp³-hybridized carbons (Fsp3) is 0.357. The van der Waals surface area contributed by atoms with E-state index in [1.165, 1.54) is 0 Å². The van der Waals surface area contributed by atoms with Crippen molar-refractivity contribution >= 4 is 33.5 Å². The number of nitrogens with zero attached hydrogens (tertiary/aromatic N) is 3. The van der Waals surface area contributed by atoms with E-state index in [9.17, 15) is 0 Å². The highest BCUT2D eigenvalue weighted by Gasteiger charge is 2.15. The molecule has 0 unspecified atom stereocenters. The van der Waals surface area contributed by atoms with Gasteiger partial charge in [0.15, 0.2) is 0 Å². The molecule has 106 valence electrons. The molecular formula is C14H17BrN4S. The summed E-state index contributed by atoms with van der Waals surface area (Å²) in [5.41, 5.74) is 1.14. The van der Waals surface area contributed by atoms with Gasteiger partial charge in [-0.15, -0.1) is 0 Å². The third-order valence-electron chi connectivity index (χ3n) is 2.67. The minimum atomic E-state index is 0.350. The van der Waals surface area contributed by atoms with E-state index in [0.717, 1.165) is 32.5 Å². The Kier molecular flexibility index (Phi) is 5.37. The van der Waals surface area contributed by atoms with Gasteiger partial charge in [0.2, 0.25) is 0 Å². The lowest BCUT2D eigenvalue weighted by atomic mass is 10.1. The predicted octanol–water partition coefficient (Wildman–Crippen LogP) is 4.34. The second kappa shape index (κ2) is 7.04. The van der Waals surface area contributed by atoms with Crippen molar-refractivity contribution in [3.63, 3.8) is 0 Å². The number of hydrogen-bond donors (Lipinski definition) is 1. The molecule has 0 radical (unpaired) electrons. The van der Waals surface area contributed by atoms with Crippen molar-refractivity contribution in [3.8, 4) is 0 Å². The summed E-state index contributed by atoms with van der Waals surface area (Å²) in [6.07, 6.45) is 3.40. The number of rotatable bonds is 5. The Hall–Kier alpha value is -1.14. The first-order chi connectivity index (χ1) is 9.61. The molecule has 0 fully saturated rings. The van der Waals surface area contributed by atoms with Crippen LogP contribution in [0.5, 0.6) is 0 Å². The van der Waals surface area contributed by atoms with Crippen LogP contribution in [0.25, 0.3) is 0 Å². The monoisotopic (exact) mass is 352 g/mol. The lowest BCUT2D eigenvalue weighted by Crippen LogP contribution is -2.07. The first-order valence-corrected chi connectivity index (χ1v) is 8.11. The summed E-state index contributed by atoms with van der Waals surface area (Å²) < 4.78 is 0.974. The molecule has 0 aliphatic rings. The Bertz CT molecular complexity index is 572. The van der Waals surface area contributed by atoms with Crippen LogP contribution in [-0.4, -0.2) is 21.5 Å². The molecule has 0 spiro atoms. The zero-order valence-corrected chi connectivity index (χ0v) is 14.1. The van der Waals surface area contributed by atoms with Gasteiger partial charge in [-0.3, -0.25) is 0 Å². The molecular weight excluding hydrogens is 336 g/mol. The van der Waals surface area contributed by atoms with Crippen LogP contribution >= 0.6 is 27.7 Å². The SMILES string of the molecule is CCNc1ncnc(Sc2ccc(Br)cn2)c1C(C)C. The molecule has 0 aliphatic heterocycles. The summed E-state index contributed by atoms with van der Waals surface area (Å²) in [5, 5.41) is 5.19. The molecule has 0 aliphatic carbocycles. The zero-order chi connectivity index (χ0) is 14.5. The van der Waals surface area contributed by atoms with E-state index >= 15 is 0 Å². The van der Waals surface area contributed by atoms with Crippen molar-refractivity contribution in [2.24, 2.45) is 0 Å². The number of halogens is 1. The molecule has 2 rings (SSSR count). The molecule has 0 bridgehead atoms. The number of anilines is 1. The molecule has 6 heteroatoms. The van der Waals surface area contributed by atoms with Gasteiger partial charge in [0.1, 0.15) is 22.2 Å². The zero-order valence-electron chi connectivity index (χ0n) is 11.7. The van der Waals surface area contributed by atoms with Crippen LogP contribution in [0.2, 0.25) is 0 Å². The van der Waals surface area contributed by atoms with Crippen LogP contribution in [0.15, 0.2) is 39.2 Å². The standard InChI is InChI=1S/C14H17BrN4S/c1-4-16-13-12(9(2)3)14(19-8-18-13)20-11-6-5-10(15)7-17-11/h5-9H,4H2,1-3H3,(H,16,18,19). The van der Waals surface area contributed by atoms with E-state index in [0.29, 0.717) is 5.92 Å². The highest BCUT2D eigenvalue weighted by Crippen LogP contribution is 2.34. The van der Waals surface area contributed by atoms with Gasteiger partial charge < -0.3 is 5.32 Å². The van der Waals surface area contributed by atoms with Crippen molar-refractivity contribution in [2.75, 3.05) is 11.9 Å². The smallest absolute Gasteiger partial charge is 0.133 e.